The van der Waals surface area contributed by atoms with Crippen LogP contribution in [0.15, 0.2) is 0 Å². The summed E-state index contributed by atoms with van der Waals surface area (Å²) in [6, 6.07) is 0. The second-order valence-electron chi connectivity index (χ2n) is 5.13. The number of ether oxygens (including phenoxy) is 3. The quantitative estimate of drug-likeness (QED) is 0.304. The van der Waals surface area contributed by atoms with Crippen molar-refractivity contribution in [1.29, 1.82) is 5.41 Å². The second-order valence-corrected chi connectivity index (χ2v) is 5.13. The van der Waals surface area contributed by atoms with Gasteiger partial charge in [-0.05, 0) is 26.2 Å². The molecule has 1 aliphatic rings. The van der Waals surface area contributed by atoms with Gasteiger partial charge in [-0.1, -0.05) is 13.8 Å². The van der Waals surface area contributed by atoms with Crippen LogP contribution in [0.4, 0.5) is 0 Å². The number of aliphatic hydroxyl groups is 1. The normalized spacial score (nSPS) is 24.3. The molecule has 1 heterocycles. The van der Waals surface area contributed by atoms with Crippen LogP contribution in [0.5, 0.6) is 0 Å². The molecule has 3 atom stereocenters. The summed E-state index contributed by atoms with van der Waals surface area (Å²) < 4.78 is 16.6. The van der Waals surface area contributed by atoms with E-state index in [0.717, 1.165) is 39.0 Å². The van der Waals surface area contributed by atoms with Gasteiger partial charge < -0.3 is 30.4 Å². The molecule has 3 unspecified atom stereocenters. The molecular formula is C15H33N3O4. The molecule has 0 aromatic rings. The van der Waals surface area contributed by atoms with Crippen LogP contribution >= 0.6 is 0 Å². The number of rotatable bonds is 8. The van der Waals surface area contributed by atoms with Gasteiger partial charge in [0.05, 0.1) is 12.7 Å². The van der Waals surface area contributed by atoms with Gasteiger partial charge in [-0.2, -0.15) is 0 Å². The first-order chi connectivity index (χ1) is 10.5. The van der Waals surface area contributed by atoms with Gasteiger partial charge in [-0.15, -0.1) is 0 Å². The molecule has 0 spiro atoms. The van der Waals surface area contributed by atoms with Gasteiger partial charge in [0.15, 0.2) is 12.2 Å². The van der Waals surface area contributed by atoms with E-state index in [1.54, 1.807) is 0 Å². The monoisotopic (exact) mass is 319 g/mol. The zero-order valence-corrected chi connectivity index (χ0v) is 14.1. The van der Waals surface area contributed by atoms with Crippen LogP contribution in [-0.2, 0) is 14.2 Å². The summed E-state index contributed by atoms with van der Waals surface area (Å²) >= 11 is 0. The Bertz CT molecular complexity index is 278. The Hall–Kier alpha value is -0.890. The Labute approximate surface area is 134 Å². The van der Waals surface area contributed by atoms with E-state index >= 15 is 0 Å². The summed E-state index contributed by atoms with van der Waals surface area (Å²) in [6.07, 6.45) is 2.79. The van der Waals surface area contributed by atoms with E-state index in [2.05, 4.69) is 19.2 Å². The molecular weight excluding hydrogens is 286 g/mol. The summed E-state index contributed by atoms with van der Waals surface area (Å²) in [5.74, 6) is 0.0394. The van der Waals surface area contributed by atoms with Crippen molar-refractivity contribution in [3.8, 4) is 0 Å². The van der Waals surface area contributed by atoms with Crippen LogP contribution in [0.1, 0.15) is 46.5 Å². The minimum Gasteiger partial charge on any atom is -0.379 e. The topological polar surface area (TPSA) is 110 Å². The molecule has 22 heavy (non-hydrogen) atoms. The maximum atomic E-state index is 9.45. The van der Waals surface area contributed by atoms with Crippen LogP contribution in [0.25, 0.3) is 0 Å². The highest BCUT2D eigenvalue weighted by Gasteiger charge is 2.30. The van der Waals surface area contributed by atoms with Crippen LogP contribution < -0.4 is 11.1 Å². The third-order valence-corrected chi connectivity index (χ3v) is 2.98. The van der Waals surface area contributed by atoms with Gasteiger partial charge in [0, 0.05) is 26.2 Å². The van der Waals surface area contributed by atoms with E-state index in [9.17, 15) is 5.11 Å². The zero-order chi connectivity index (χ0) is 16.8. The Balaban J connectivity index is 0.000000626. The Morgan fingerprint density at radius 1 is 1.27 bits per heavy atom. The lowest BCUT2D eigenvalue weighted by Gasteiger charge is -2.34. The molecule has 0 saturated carbocycles. The molecule has 132 valence electrons. The van der Waals surface area contributed by atoms with Crippen molar-refractivity contribution in [1.82, 2.24) is 5.32 Å². The van der Waals surface area contributed by atoms with Gasteiger partial charge in [0.25, 0.3) is 0 Å². The molecule has 0 radical (unpaired) electrons. The summed E-state index contributed by atoms with van der Waals surface area (Å²) in [4.78, 5) is 0. The number of nitrogens with one attached hydrogen (secondary N) is 2. The van der Waals surface area contributed by atoms with Gasteiger partial charge in [-0.25, -0.2) is 0 Å². The highest BCUT2D eigenvalue weighted by molar-refractivity contribution is 5.74. The van der Waals surface area contributed by atoms with Crippen molar-refractivity contribution in [2.45, 2.75) is 65.0 Å². The predicted molar refractivity (Wildman–Crippen MR) is 86.8 cm³/mol. The van der Waals surface area contributed by atoms with Crippen LogP contribution in [0.2, 0.25) is 0 Å². The minimum atomic E-state index is -0.656. The van der Waals surface area contributed by atoms with Crippen molar-refractivity contribution >= 4 is 5.96 Å². The third-order valence-electron chi connectivity index (χ3n) is 2.98. The van der Waals surface area contributed by atoms with Gasteiger partial charge >= 0.3 is 0 Å². The molecule has 0 aromatic carbocycles. The fourth-order valence-electron chi connectivity index (χ4n) is 1.99. The van der Waals surface area contributed by atoms with E-state index in [1.807, 2.05) is 6.92 Å². The average molecular weight is 319 g/mol. The first-order valence-electron chi connectivity index (χ1n) is 8.15. The standard InChI is InChI=1S/C12H24O4.C3H9N3/c1-3-7-14-9-11-10(15-8-4-2)5-6-12(13)16-11;1-2-6-3(4)5/h10-13H,3-9H2,1-2H3;2H2,1H3,(H4,4,5,6). The fourth-order valence-corrected chi connectivity index (χ4v) is 1.99. The molecule has 0 aromatic heterocycles. The summed E-state index contributed by atoms with van der Waals surface area (Å²) in [7, 11) is 0. The van der Waals surface area contributed by atoms with E-state index in [4.69, 9.17) is 25.4 Å². The maximum absolute atomic E-state index is 9.45. The Kier molecular flexibility index (Phi) is 13.2. The first kappa shape index (κ1) is 21.1. The first-order valence-corrected chi connectivity index (χ1v) is 8.15. The molecule has 5 N–H and O–H groups in total. The van der Waals surface area contributed by atoms with Gasteiger partial charge in [-0.3, -0.25) is 5.41 Å². The highest BCUT2D eigenvalue weighted by atomic mass is 16.6. The van der Waals surface area contributed by atoms with Crippen molar-refractivity contribution in [3.63, 3.8) is 0 Å². The van der Waals surface area contributed by atoms with Crippen LogP contribution in [-0.4, -0.2) is 55.9 Å². The Morgan fingerprint density at radius 3 is 2.45 bits per heavy atom. The lowest BCUT2D eigenvalue weighted by Crippen LogP contribution is -2.43. The number of hydrogen-bond acceptors (Lipinski definition) is 5. The SMILES string of the molecule is CCCOCC1OC(O)CCC1OCCC.CCNC(=N)N. The lowest BCUT2D eigenvalue weighted by molar-refractivity contribution is -0.221. The molecule has 1 rings (SSSR count). The number of hydrogen-bond donors (Lipinski definition) is 4. The molecule has 1 aliphatic heterocycles. The number of nitrogens with two attached hydrogens (primary N) is 1. The molecule has 0 bridgehead atoms. The van der Waals surface area contributed by atoms with Crippen LogP contribution in [0.3, 0.4) is 0 Å². The molecule has 0 amide bonds. The third kappa shape index (κ3) is 10.8. The highest BCUT2D eigenvalue weighted by Crippen LogP contribution is 2.21. The van der Waals surface area contributed by atoms with Crippen molar-refractivity contribution in [2.75, 3.05) is 26.4 Å². The van der Waals surface area contributed by atoms with Crippen LogP contribution in [0, 0.1) is 5.41 Å². The summed E-state index contributed by atoms with van der Waals surface area (Å²) in [6.45, 7) is 8.77. The number of guanidine groups is 1. The van der Waals surface area contributed by atoms with E-state index in [-0.39, 0.29) is 18.2 Å². The van der Waals surface area contributed by atoms with Crippen molar-refractivity contribution in [2.24, 2.45) is 5.73 Å². The maximum Gasteiger partial charge on any atom is 0.185 e. The predicted octanol–water partition coefficient (Wildman–Crippen LogP) is 1.19. The van der Waals surface area contributed by atoms with Gasteiger partial charge in [0.1, 0.15) is 6.10 Å². The van der Waals surface area contributed by atoms with Gasteiger partial charge in [0.2, 0.25) is 0 Å². The van der Waals surface area contributed by atoms with Crippen molar-refractivity contribution in [3.05, 3.63) is 0 Å². The van der Waals surface area contributed by atoms with E-state index in [1.165, 1.54) is 0 Å². The minimum absolute atomic E-state index is 0.0394. The zero-order valence-electron chi connectivity index (χ0n) is 14.1. The number of aliphatic hydroxyl groups excluding tert-OH is 1. The second kappa shape index (κ2) is 13.8. The summed E-state index contributed by atoms with van der Waals surface area (Å²) in [5.41, 5.74) is 4.88. The Morgan fingerprint density at radius 2 is 1.95 bits per heavy atom. The largest absolute Gasteiger partial charge is 0.379 e. The molecule has 1 fully saturated rings. The van der Waals surface area contributed by atoms with Crippen molar-refractivity contribution < 1.29 is 19.3 Å². The molecule has 7 heteroatoms. The average Bonchev–Trinajstić information content (AvgIpc) is 2.47. The smallest absolute Gasteiger partial charge is 0.185 e. The molecule has 7 nitrogen and oxygen atoms in total. The van der Waals surface area contributed by atoms with E-state index < -0.39 is 6.29 Å². The lowest BCUT2D eigenvalue weighted by atomic mass is 10.1. The summed E-state index contributed by atoms with van der Waals surface area (Å²) in [5, 5.41) is 18.6. The molecule has 0 aliphatic carbocycles. The molecule has 1 saturated heterocycles. The van der Waals surface area contributed by atoms with E-state index in [0.29, 0.717) is 13.0 Å². The fraction of sp³-hybridized carbons (Fsp3) is 0.933.